The number of hydrogen-bond acceptors (Lipinski definition) is 4. The SMILES string of the molecule is CCCCCCCc1cccc([O-])c1Oc1ccccc1S(=O)(=O)O.[K+]. The van der Waals surface area contributed by atoms with Gasteiger partial charge in [-0.25, -0.2) is 0 Å². The van der Waals surface area contributed by atoms with Gasteiger partial charge >= 0.3 is 51.4 Å². The Morgan fingerprint density at radius 3 is 2.38 bits per heavy atom. The predicted octanol–water partition coefficient (Wildman–Crippen LogP) is 1.32. The molecule has 0 saturated heterocycles. The van der Waals surface area contributed by atoms with Crippen LogP contribution in [0.5, 0.6) is 17.2 Å². The maximum Gasteiger partial charge on any atom is 1.00 e. The van der Waals surface area contributed by atoms with E-state index in [2.05, 4.69) is 6.92 Å². The van der Waals surface area contributed by atoms with Crippen molar-refractivity contribution in [2.75, 3.05) is 0 Å². The Hall–Kier alpha value is -0.414. The minimum atomic E-state index is -4.43. The molecule has 0 saturated carbocycles. The van der Waals surface area contributed by atoms with Crippen LogP contribution < -0.4 is 61.2 Å². The molecule has 0 spiro atoms. The summed E-state index contributed by atoms with van der Waals surface area (Å²) < 4.78 is 37.9. The summed E-state index contributed by atoms with van der Waals surface area (Å²) >= 11 is 0. The summed E-state index contributed by atoms with van der Waals surface area (Å²) in [5, 5.41) is 12.2. The number of rotatable bonds is 9. The van der Waals surface area contributed by atoms with E-state index in [1.165, 1.54) is 30.7 Å². The van der Waals surface area contributed by atoms with Gasteiger partial charge in [0.25, 0.3) is 10.1 Å². The van der Waals surface area contributed by atoms with E-state index >= 15 is 0 Å². The molecule has 0 aliphatic carbocycles. The second kappa shape index (κ2) is 11.4. The number of benzene rings is 2. The molecule has 26 heavy (non-hydrogen) atoms. The first-order valence-electron chi connectivity index (χ1n) is 8.46. The Kier molecular flexibility index (Phi) is 10.4. The molecule has 2 aromatic carbocycles. The average Bonchev–Trinajstić information content (AvgIpc) is 2.57. The zero-order valence-electron chi connectivity index (χ0n) is 15.3. The molecule has 0 bridgehead atoms. The molecule has 0 aliphatic heterocycles. The van der Waals surface area contributed by atoms with E-state index in [4.69, 9.17) is 4.74 Å². The van der Waals surface area contributed by atoms with E-state index < -0.39 is 10.1 Å². The molecule has 136 valence electrons. The molecule has 0 radical (unpaired) electrons. The summed E-state index contributed by atoms with van der Waals surface area (Å²) in [5.74, 6) is -0.245. The Bertz CT molecular complexity index is 805. The van der Waals surface area contributed by atoms with Crippen LogP contribution >= 0.6 is 0 Å². The number of unbranched alkanes of at least 4 members (excludes halogenated alkanes) is 4. The molecular weight excluding hydrogens is 379 g/mol. The van der Waals surface area contributed by atoms with Crippen LogP contribution in [0.25, 0.3) is 0 Å². The third-order valence-electron chi connectivity index (χ3n) is 3.95. The largest absolute Gasteiger partial charge is 1.00 e. The van der Waals surface area contributed by atoms with Gasteiger partial charge in [0.1, 0.15) is 16.4 Å². The van der Waals surface area contributed by atoms with Gasteiger partial charge < -0.3 is 9.84 Å². The zero-order chi connectivity index (χ0) is 18.3. The van der Waals surface area contributed by atoms with Gasteiger partial charge in [-0.05, 0) is 30.5 Å². The summed E-state index contributed by atoms with van der Waals surface area (Å²) in [6, 6.07) is 10.6. The monoisotopic (exact) mass is 402 g/mol. The first-order chi connectivity index (χ1) is 11.9. The number of hydrogen-bond donors (Lipinski definition) is 1. The molecule has 1 N–H and O–H groups in total. The van der Waals surface area contributed by atoms with Crippen molar-refractivity contribution >= 4 is 10.1 Å². The van der Waals surface area contributed by atoms with E-state index in [1.54, 1.807) is 12.1 Å². The molecule has 0 amide bonds. The fourth-order valence-corrected chi connectivity index (χ4v) is 3.27. The average molecular weight is 403 g/mol. The molecule has 0 atom stereocenters. The minimum Gasteiger partial charge on any atom is -0.870 e. The molecule has 2 rings (SSSR count). The Morgan fingerprint density at radius 1 is 1.00 bits per heavy atom. The standard InChI is InChI=1S/C19H24O5S.K/c1-2-3-4-5-6-10-15-11-9-12-16(20)19(15)24-17-13-7-8-14-18(17)25(21,22)23;/h7-9,11-14,20H,2-6,10H2,1H3,(H,21,22,23);/q;+1/p-1. The van der Waals surface area contributed by atoms with Crippen LogP contribution in [0.1, 0.15) is 44.6 Å². The van der Waals surface area contributed by atoms with Gasteiger partial charge in [-0.15, -0.1) is 0 Å². The maximum atomic E-state index is 12.2. The normalized spacial score (nSPS) is 11.0. The fourth-order valence-electron chi connectivity index (χ4n) is 2.65. The van der Waals surface area contributed by atoms with Gasteiger partial charge in [0.05, 0.1) is 0 Å². The molecule has 7 heteroatoms. The topological polar surface area (TPSA) is 86.7 Å². The predicted molar refractivity (Wildman–Crippen MR) is 94.7 cm³/mol. The van der Waals surface area contributed by atoms with E-state index in [1.807, 2.05) is 6.07 Å². The Morgan fingerprint density at radius 2 is 1.69 bits per heavy atom. The second-order valence-electron chi connectivity index (χ2n) is 5.93. The Labute approximate surface area is 198 Å². The summed E-state index contributed by atoms with van der Waals surface area (Å²) in [7, 11) is -4.43. The van der Waals surface area contributed by atoms with Crippen molar-refractivity contribution in [2.24, 2.45) is 0 Å². The van der Waals surface area contributed by atoms with Gasteiger partial charge in [0.2, 0.25) is 0 Å². The Balaban J connectivity index is 0.00000338. The van der Waals surface area contributed by atoms with Crippen LogP contribution in [-0.4, -0.2) is 13.0 Å². The van der Waals surface area contributed by atoms with Gasteiger partial charge in [-0.3, -0.25) is 4.55 Å². The summed E-state index contributed by atoms with van der Waals surface area (Å²) in [6.45, 7) is 2.15. The van der Waals surface area contributed by atoms with Crippen molar-refractivity contribution in [3.05, 3.63) is 48.0 Å². The quantitative estimate of drug-likeness (QED) is 0.388. The van der Waals surface area contributed by atoms with Crippen LogP contribution in [0.15, 0.2) is 47.4 Å². The van der Waals surface area contributed by atoms with Crippen molar-refractivity contribution in [3.63, 3.8) is 0 Å². The summed E-state index contributed by atoms with van der Waals surface area (Å²) in [6.07, 6.45) is 6.18. The molecule has 0 unspecified atom stereocenters. The molecule has 0 aliphatic rings. The van der Waals surface area contributed by atoms with Crippen molar-refractivity contribution in [1.29, 1.82) is 0 Å². The van der Waals surface area contributed by atoms with Crippen LogP contribution in [-0.2, 0) is 16.5 Å². The van der Waals surface area contributed by atoms with E-state index in [-0.39, 0.29) is 73.5 Å². The number of ether oxygens (including phenoxy) is 1. The third kappa shape index (κ3) is 6.96. The van der Waals surface area contributed by atoms with E-state index in [0.29, 0.717) is 6.42 Å². The van der Waals surface area contributed by atoms with E-state index in [0.717, 1.165) is 31.2 Å². The molecule has 0 fully saturated rings. The zero-order valence-corrected chi connectivity index (χ0v) is 19.2. The van der Waals surface area contributed by atoms with Crippen LogP contribution in [0, 0.1) is 0 Å². The molecule has 5 nitrogen and oxygen atoms in total. The smallest absolute Gasteiger partial charge is 0.870 e. The maximum absolute atomic E-state index is 12.2. The summed E-state index contributed by atoms with van der Waals surface area (Å²) in [4.78, 5) is -0.354. The van der Waals surface area contributed by atoms with Crippen LogP contribution in [0.4, 0.5) is 0 Å². The van der Waals surface area contributed by atoms with Gasteiger partial charge in [0, 0.05) is 0 Å². The molecule has 0 heterocycles. The van der Waals surface area contributed by atoms with Crippen LogP contribution in [0.3, 0.4) is 0 Å². The first-order valence-corrected chi connectivity index (χ1v) is 9.90. The summed E-state index contributed by atoms with van der Waals surface area (Å²) in [5.41, 5.74) is 0.745. The van der Waals surface area contributed by atoms with Crippen molar-refractivity contribution < 1.29 is 74.2 Å². The minimum absolute atomic E-state index is 0. The van der Waals surface area contributed by atoms with Gasteiger partial charge in [-0.1, -0.05) is 68.7 Å². The molecular formula is C19H23KO5S. The van der Waals surface area contributed by atoms with E-state index in [9.17, 15) is 18.1 Å². The molecule has 0 aromatic heterocycles. The number of para-hydroxylation sites is 2. The van der Waals surface area contributed by atoms with Gasteiger partial charge in [0.15, 0.2) is 0 Å². The van der Waals surface area contributed by atoms with Crippen LogP contribution in [0.2, 0.25) is 0 Å². The first kappa shape index (κ1) is 23.6. The van der Waals surface area contributed by atoms with Crippen molar-refractivity contribution in [1.82, 2.24) is 0 Å². The molecule has 2 aromatic rings. The second-order valence-corrected chi connectivity index (χ2v) is 7.32. The van der Waals surface area contributed by atoms with Crippen molar-refractivity contribution in [3.8, 4) is 17.2 Å². The third-order valence-corrected chi connectivity index (χ3v) is 4.84. The van der Waals surface area contributed by atoms with Gasteiger partial charge in [-0.2, -0.15) is 8.42 Å². The van der Waals surface area contributed by atoms with Crippen molar-refractivity contribution in [2.45, 2.75) is 50.3 Å². The number of aryl methyl sites for hydroxylation is 1. The fraction of sp³-hybridized carbons (Fsp3) is 0.368.